The number of halogens is 2. The van der Waals surface area contributed by atoms with E-state index in [1.165, 1.54) is 27.8 Å². The minimum Gasteiger partial charge on any atom is -0.350 e. The molecule has 3 aromatic heterocycles. The van der Waals surface area contributed by atoms with Crippen molar-refractivity contribution in [3.8, 4) is 0 Å². The number of aromatic nitrogens is 2. The van der Waals surface area contributed by atoms with E-state index >= 15 is 0 Å². The number of hydrogen-bond donors (Lipinski definition) is 1. The number of thiazole rings is 1. The second kappa shape index (κ2) is 7.27. The quantitative estimate of drug-likeness (QED) is 0.423. The smallest absolute Gasteiger partial charge is 0.176 e. The Labute approximate surface area is 175 Å². The van der Waals surface area contributed by atoms with Crippen molar-refractivity contribution in [3.63, 3.8) is 0 Å². The van der Waals surface area contributed by atoms with Gasteiger partial charge in [0.15, 0.2) is 11.6 Å². The zero-order valence-corrected chi connectivity index (χ0v) is 17.7. The van der Waals surface area contributed by atoms with Crippen molar-refractivity contribution in [2.45, 2.75) is 32.2 Å². The van der Waals surface area contributed by atoms with Crippen LogP contribution in [-0.2, 0) is 0 Å². The monoisotopic (exact) mass is 430 g/mol. The fourth-order valence-corrected chi connectivity index (χ4v) is 6.22. The lowest BCUT2D eigenvalue weighted by atomic mass is 9.99. The number of hydrogen-bond acceptors (Lipinski definition) is 6. The van der Waals surface area contributed by atoms with Gasteiger partial charge < -0.3 is 10.2 Å². The highest BCUT2D eigenvalue weighted by molar-refractivity contribution is 7.18. The molecule has 4 nitrogen and oxygen atoms in total. The summed E-state index contributed by atoms with van der Waals surface area (Å²) in [4.78, 5) is 13.2. The summed E-state index contributed by atoms with van der Waals surface area (Å²) >= 11 is 2.89. The minimum atomic E-state index is -0.662. The third-order valence-electron chi connectivity index (χ3n) is 5.89. The van der Waals surface area contributed by atoms with Gasteiger partial charge >= 0.3 is 0 Å². The predicted molar refractivity (Wildman–Crippen MR) is 117 cm³/mol. The van der Waals surface area contributed by atoms with Crippen LogP contribution in [0.2, 0.25) is 0 Å². The zero-order valence-electron chi connectivity index (χ0n) is 16.1. The van der Waals surface area contributed by atoms with Gasteiger partial charge in [-0.25, -0.2) is 18.7 Å². The van der Waals surface area contributed by atoms with Crippen LogP contribution < -0.4 is 5.32 Å². The molecule has 1 fully saturated rings. The number of thiophene rings is 1. The van der Waals surface area contributed by atoms with Crippen molar-refractivity contribution < 1.29 is 8.78 Å². The van der Waals surface area contributed by atoms with E-state index in [1.807, 2.05) is 0 Å². The molecule has 2 atom stereocenters. The molecule has 1 aliphatic rings. The summed E-state index contributed by atoms with van der Waals surface area (Å²) in [7, 11) is 0. The van der Waals surface area contributed by atoms with Crippen molar-refractivity contribution in [2.24, 2.45) is 0 Å². The van der Waals surface area contributed by atoms with Crippen LogP contribution in [0.5, 0.6) is 0 Å². The van der Waals surface area contributed by atoms with E-state index in [-0.39, 0.29) is 11.2 Å². The Kier molecular flexibility index (Phi) is 4.72. The molecule has 150 valence electrons. The predicted octanol–water partition coefficient (Wildman–Crippen LogP) is 6.13. The van der Waals surface area contributed by atoms with Crippen molar-refractivity contribution in [3.05, 3.63) is 46.4 Å². The molecule has 0 amide bonds. The largest absolute Gasteiger partial charge is 0.350 e. The van der Waals surface area contributed by atoms with Crippen LogP contribution >= 0.6 is 22.7 Å². The molecular weight excluding hydrogens is 410 g/mol. The summed E-state index contributed by atoms with van der Waals surface area (Å²) in [5.41, 5.74) is 2.20. The SMILES string of the molecule is CCN1CCC(c2cc3c(Nc4c(F)cc5scnc5c4F)ccnc3s2)C1C. The Morgan fingerprint density at radius 3 is 2.93 bits per heavy atom. The van der Waals surface area contributed by atoms with Crippen molar-refractivity contribution in [2.75, 3.05) is 18.4 Å². The lowest BCUT2D eigenvalue weighted by Gasteiger charge is -2.22. The molecule has 4 heterocycles. The Morgan fingerprint density at radius 2 is 2.14 bits per heavy atom. The van der Waals surface area contributed by atoms with E-state index < -0.39 is 11.6 Å². The molecular formula is C21H20F2N4S2. The van der Waals surface area contributed by atoms with Crippen molar-refractivity contribution >= 4 is 54.5 Å². The molecule has 2 unspecified atom stereocenters. The van der Waals surface area contributed by atoms with Gasteiger partial charge in [-0.15, -0.1) is 22.7 Å². The van der Waals surface area contributed by atoms with E-state index in [1.54, 1.807) is 23.6 Å². The van der Waals surface area contributed by atoms with E-state index in [4.69, 9.17) is 0 Å². The van der Waals surface area contributed by atoms with Gasteiger partial charge in [-0.1, -0.05) is 6.92 Å². The molecule has 8 heteroatoms. The van der Waals surface area contributed by atoms with Crippen LogP contribution in [0.15, 0.2) is 29.9 Å². The first-order valence-electron chi connectivity index (χ1n) is 9.67. The first-order valence-corrected chi connectivity index (χ1v) is 11.4. The highest BCUT2D eigenvalue weighted by atomic mass is 32.1. The standard InChI is InChI=1S/C21H20F2N4S2/c1-3-27-7-5-12(11(27)2)16-8-13-15(4-6-24-21(13)29-16)26-19-14(22)9-17-20(18(19)23)25-10-28-17/h4,6,8-12H,3,5,7H2,1-2H3,(H,24,26). The van der Waals surface area contributed by atoms with E-state index in [0.717, 1.165) is 29.7 Å². The first kappa shape index (κ1) is 18.8. The maximum atomic E-state index is 14.9. The van der Waals surface area contributed by atoms with Gasteiger partial charge in [0.2, 0.25) is 0 Å². The van der Waals surface area contributed by atoms with E-state index in [9.17, 15) is 8.78 Å². The third kappa shape index (κ3) is 3.10. The molecule has 0 saturated carbocycles. The fourth-order valence-electron chi connectivity index (χ4n) is 4.26. The van der Waals surface area contributed by atoms with E-state index in [2.05, 4.69) is 40.1 Å². The highest BCUT2D eigenvalue weighted by Gasteiger charge is 2.32. The Bertz CT molecular complexity index is 1200. The third-order valence-corrected chi connectivity index (χ3v) is 7.84. The lowest BCUT2D eigenvalue weighted by molar-refractivity contribution is 0.274. The van der Waals surface area contributed by atoms with Crippen LogP contribution in [0.1, 0.15) is 31.1 Å². The normalized spacial score (nSPS) is 20.1. The van der Waals surface area contributed by atoms with Gasteiger partial charge in [0.1, 0.15) is 16.0 Å². The fraction of sp³-hybridized carbons (Fsp3) is 0.333. The Balaban J connectivity index is 1.54. The second-order valence-electron chi connectivity index (χ2n) is 7.36. The maximum absolute atomic E-state index is 14.9. The summed E-state index contributed by atoms with van der Waals surface area (Å²) in [5, 5.41) is 3.87. The summed E-state index contributed by atoms with van der Waals surface area (Å²) < 4.78 is 29.9. The molecule has 0 spiro atoms. The molecule has 0 radical (unpaired) electrons. The molecule has 0 bridgehead atoms. The van der Waals surface area contributed by atoms with E-state index in [0.29, 0.717) is 22.3 Å². The first-order chi connectivity index (χ1) is 14.1. The number of nitrogens with zero attached hydrogens (tertiary/aromatic N) is 3. The summed E-state index contributed by atoms with van der Waals surface area (Å²) in [6.07, 6.45) is 2.80. The number of benzene rings is 1. The highest BCUT2D eigenvalue weighted by Crippen LogP contribution is 2.41. The van der Waals surface area contributed by atoms with Crippen molar-refractivity contribution in [1.82, 2.24) is 14.9 Å². The molecule has 5 rings (SSSR count). The molecule has 1 N–H and O–H groups in total. The minimum absolute atomic E-state index is 0.171. The number of fused-ring (bicyclic) bond motifs is 2. The van der Waals surface area contributed by atoms with Gasteiger partial charge in [-0.05, 0) is 44.6 Å². The average molecular weight is 431 g/mol. The van der Waals surface area contributed by atoms with Crippen LogP contribution in [0.25, 0.3) is 20.4 Å². The zero-order chi connectivity index (χ0) is 20.1. The molecule has 1 aromatic carbocycles. The summed E-state index contributed by atoms with van der Waals surface area (Å²) in [6, 6.07) is 5.70. The number of likely N-dealkylation sites (N-methyl/N-ethyl adjacent to an activating group) is 1. The van der Waals surface area contributed by atoms with Gasteiger partial charge in [-0.3, -0.25) is 0 Å². The Hall–Kier alpha value is -2.16. The number of anilines is 2. The van der Waals surface area contributed by atoms with Crippen molar-refractivity contribution in [1.29, 1.82) is 0 Å². The van der Waals surface area contributed by atoms with Gasteiger partial charge in [0, 0.05) is 28.4 Å². The Morgan fingerprint density at radius 1 is 1.28 bits per heavy atom. The van der Waals surface area contributed by atoms with Crippen LogP contribution in [-0.4, -0.2) is 34.0 Å². The maximum Gasteiger partial charge on any atom is 0.176 e. The number of nitrogens with one attached hydrogen (secondary N) is 1. The molecule has 1 saturated heterocycles. The van der Waals surface area contributed by atoms with Crippen LogP contribution in [0, 0.1) is 11.6 Å². The molecule has 1 aliphatic heterocycles. The molecule has 4 aromatic rings. The van der Waals surface area contributed by atoms with Crippen LogP contribution in [0.3, 0.4) is 0 Å². The topological polar surface area (TPSA) is 41.0 Å². The summed E-state index contributed by atoms with van der Waals surface area (Å²) in [6.45, 7) is 6.60. The van der Waals surface area contributed by atoms with Gasteiger partial charge in [-0.2, -0.15) is 0 Å². The average Bonchev–Trinajstić information content (AvgIpc) is 3.42. The summed E-state index contributed by atoms with van der Waals surface area (Å²) in [5.74, 6) is -0.825. The van der Waals surface area contributed by atoms with Crippen LogP contribution in [0.4, 0.5) is 20.2 Å². The number of likely N-dealkylation sites (tertiary alicyclic amines) is 1. The van der Waals surface area contributed by atoms with Gasteiger partial charge in [0.05, 0.1) is 15.9 Å². The number of pyridine rings is 1. The number of rotatable bonds is 4. The van der Waals surface area contributed by atoms with Gasteiger partial charge in [0.25, 0.3) is 0 Å². The molecule has 0 aliphatic carbocycles. The lowest BCUT2D eigenvalue weighted by Crippen LogP contribution is -2.28. The second-order valence-corrected chi connectivity index (χ2v) is 9.31. The molecule has 29 heavy (non-hydrogen) atoms.